The molecule has 2 atom stereocenters. The Hall–Kier alpha value is -3.61. The zero-order chi connectivity index (χ0) is 23.8. The van der Waals surface area contributed by atoms with Crippen LogP contribution in [-0.4, -0.2) is 42.1 Å². The summed E-state index contributed by atoms with van der Waals surface area (Å²) in [5.41, 5.74) is 3.84. The molecule has 2 aromatic rings. The first-order chi connectivity index (χ1) is 15.9. The molecule has 0 bridgehead atoms. The first-order valence-corrected chi connectivity index (χ1v) is 10.9. The molecule has 1 aliphatic rings. The number of allylic oxidation sites excluding steroid dienone is 1. The summed E-state index contributed by atoms with van der Waals surface area (Å²) >= 11 is 0. The molecule has 2 aromatic carbocycles. The van der Waals surface area contributed by atoms with Crippen LogP contribution in [0.25, 0.3) is 0 Å². The molecular weight excluding hydrogens is 420 g/mol. The molecule has 1 heterocycles. The van der Waals surface area contributed by atoms with Gasteiger partial charge in [-0.3, -0.25) is 9.69 Å². The van der Waals surface area contributed by atoms with E-state index in [1.165, 1.54) is 12.0 Å². The van der Waals surface area contributed by atoms with Crippen molar-refractivity contribution >= 4 is 18.0 Å². The van der Waals surface area contributed by atoms with Gasteiger partial charge in [-0.25, -0.2) is 9.59 Å². The molecule has 0 saturated heterocycles. The number of ether oxygens (including phenoxy) is 2. The number of carbonyl (C=O) groups is 3. The Kier molecular flexibility index (Phi) is 8.24. The third kappa shape index (κ3) is 6.44. The highest BCUT2D eigenvalue weighted by molar-refractivity contribution is 5.90. The van der Waals surface area contributed by atoms with E-state index in [9.17, 15) is 14.4 Å². The summed E-state index contributed by atoms with van der Waals surface area (Å²) in [6, 6.07) is 15.4. The van der Waals surface area contributed by atoms with Gasteiger partial charge in [-0.05, 0) is 37.0 Å². The number of methoxy groups -OCH3 is 1. The quantitative estimate of drug-likeness (QED) is 0.513. The van der Waals surface area contributed by atoms with Crippen molar-refractivity contribution in [1.82, 2.24) is 10.2 Å². The highest BCUT2D eigenvalue weighted by Gasteiger charge is 2.37. The highest BCUT2D eigenvalue weighted by Crippen LogP contribution is 2.25. The van der Waals surface area contributed by atoms with Gasteiger partial charge in [-0.2, -0.15) is 0 Å². The van der Waals surface area contributed by atoms with Gasteiger partial charge in [-0.15, -0.1) is 0 Å². The van der Waals surface area contributed by atoms with Crippen LogP contribution in [-0.2, 0) is 38.6 Å². The summed E-state index contributed by atoms with van der Waals surface area (Å²) in [5.74, 6) is -0.950. The second-order valence-corrected chi connectivity index (χ2v) is 8.26. The van der Waals surface area contributed by atoms with Crippen LogP contribution in [0, 0.1) is 0 Å². The number of amides is 2. The van der Waals surface area contributed by atoms with E-state index in [-0.39, 0.29) is 13.2 Å². The van der Waals surface area contributed by atoms with Gasteiger partial charge in [0, 0.05) is 6.42 Å². The molecular formula is C26H30N2O5. The number of rotatable bonds is 7. The Bertz CT molecular complexity index is 1010. The molecule has 7 nitrogen and oxygen atoms in total. The first-order valence-electron chi connectivity index (χ1n) is 10.9. The van der Waals surface area contributed by atoms with E-state index >= 15 is 0 Å². The lowest BCUT2D eigenvalue weighted by atomic mass is 9.93. The van der Waals surface area contributed by atoms with E-state index in [0.29, 0.717) is 12.8 Å². The number of nitrogens with one attached hydrogen (secondary N) is 1. The second-order valence-electron chi connectivity index (χ2n) is 8.26. The Morgan fingerprint density at radius 3 is 2.39 bits per heavy atom. The summed E-state index contributed by atoms with van der Waals surface area (Å²) in [7, 11) is 1.29. The van der Waals surface area contributed by atoms with E-state index in [4.69, 9.17) is 9.47 Å². The maximum Gasteiger partial charge on any atom is 0.411 e. The minimum Gasteiger partial charge on any atom is -0.467 e. The Morgan fingerprint density at radius 1 is 1.06 bits per heavy atom. The predicted octanol–water partition coefficient (Wildman–Crippen LogP) is 3.76. The van der Waals surface area contributed by atoms with Crippen molar-refractivity contribution < 1.29 is 23.9 Å². The highest BCUT2D eigenvalue weighted by atomic mass is 16.6. The van der Waals surface area contributed by atoms with Gasteiger partial charge < -0.3 is 14.8 Å². The van der Waals surface area contributed by atoms with Crippen LogP contribution in [0.1, 0.15) is 37.0 Å². The van der Waals surface area contributed by atoms with Crippen LogP contribution in [0.15, 0.2) is 66.2 Å². The maximum atomic E-state index is 13.3. The molecule has 0 aromatic heterocycles. The molecule has 0 fully saturated rings. The van der Waals surface area contributed by atoms with Crippen LogP contribution in [0.2, 0.25) is 0 Å². The van der Waals surface area contributed by atoms with Crippen LogP contribution in [0.4, 0.5) is 4.79 Å². The summed E-state index contributed by atoms with van der Waals surface area (Å²) < 4.78 is 10.4. The van der Waals surface area contributed by atoms with E-state index in [1.54, 1.807) is 0 Å². The number of hydrogen-bond donors (Lipinski definition) is 1. The third-order valence-electron chi connectivity index (χ3n) is 5.55. The van der Waals surface area contributed by atoms with E-state index < -0.39 is 30.1 Å². The number of benzene rings is 2. The smallest absolute Gasteiger partial charge is 0.411 e. The lowest BCUT2D eigenvalue weighted by Gasteiger charge is -2.35. The lowest BCUT2D eigenvalue weighted by molar-refractivity contribution is -0.145. The topological polar surface area (TPSA) is 84.9 Å². The SMILES string of the molecule is COC(=O)[C@@H](CC=C(C)C)NC(=O)[C@@H]1Cc2ccccc2CN1C(=O)OCc1ccccc1. The number of esters is 1. The standard InChI is InChI=1S/C26H30N2O5/c1-18(2)13-14-22(25(30)32-3)27-24(29)23-15-20-11-7-8-12-21(20)16-28(23)26(31)33-17-19-9-5-4-6-10-19/h4-13,22-23H,14-17H2,1-3H3,(H,27,29)/t22-,23+/m1/s1. The summed E-state index contributed by atoms with van der Waals surface area (Å²) in [6.45, 7) is 4.19. The van der Waals surface area contributed by atoms with Crippen molar-refractivity contribution in [3.8, 4) is 0 Å². The first kappa shape index (κ1) is 24.0. The second kappa shape index (κ2) is 11.3. The minimum atomic E-state index is -0.836. The van der Waals surface area contributed by atoms with Crippen LogP contribution < -0.4 is 5.32 Å². The van der Waals surface area contributed by atoms with Crippen molar-refractivity contribution in [2.45, 2.75) is 51.9 Å². The average Bonchev–Trinajstić information content (AvgIpc) is 2.84. The van der Waals surface area contributed by atoms with Crippen molar-refractivity contribution in [1.29, 1.82) is 0 Å². The molecule has 0 unspecified atom stereocenters. The zero-order valence-corrected chi connectivity index (χ0v) is 19.2. The molecule has 3 rings (SSSR count). The molecule has 174 valence electrons. The van der Waals surface area contributed by atoms with Crippen molar-refractivity contribution in [2.75, 3.05) is 7.11 Å². The maximum absolute atomic E-state index is 13.3. The molecule has 0 aliphatic carbocycles. The van der Waals surface area contributed by atoms with Crippen molar-refractivity contribution in [2.24, 2.45) is 0 Å². The zero-order valence-electron chi connectivity index (χ0n) is 19.2. The van der Waals surface area contributed by atoms with E-state index in [2.05, 4.69) is 5.32 Å². The van der Waals surface area contributed by atoms with Crippen LogP contribution >= 0.6 is 0 Å². The van der Waals surface area contributed by atoms with Gasteiger partial charge in [0.2, 0.25) is 5.91 Å². The molecule has 1 aliphatic heterocycles. The summed E-state index contributed by atoms with van der Waals surface area (Å²) in [6.07, 6.45) is 1.93. The lowest BCUT2D eigenvalue weighted by Crippen LogP contribution is -2.55. The molecule has 0 saturated carbocycles. The van der Waals surface area contributed by atoms with Gasteiger partial charge in [0.15, 0.2) is 0 Å². The normalized spacial score (nSPS) is 15.6. The Labute approximate surface area is 194 Å². The Balaban J connectivity index is 1.79. The fourth-order valence-corrected chi connectivity index (χ4v) is 3.73. The van der Waals surface area contributed by atoms with Crippen LogP contribution in [0.5, 0.6) is 0 Å². The van der Waals surface area contributed by atoms with Gasteiger partial charge >= 0.3 is 12.1 Å². The minimum absolute atomic E-state index is 0.109. The average molecular weight is 451 g/mol. The molecule has 7 heteroatoms. The molecule has 2 amide bonds. The monoisotopic (exact) mass is 450 g/mol. The summed E-state index contributed by atoms with van der Waals surface area (Å²) in [4.78, 5) is 40.0. The number of nitrogens with zero attached hydrogens (tertiary/aromatic N) is 1. The van der Waals surface area contributed by atoms with E-state index in [1.807, 2.05) is 74.5 Å². The van der Waals surface area contributed by atoms with Gasteiger partial charge in [0.1, 0.15) is 18.7 Å². The van der Waals surface area contributed by atoms with Crippen molar-refractivity contribution in [3.63, 3.8) is 0 Å². The predicted molar refractivity (Wildman–Crippen MR) is 124 cm³/mol. The number of hydrogen-bond acceptors (Lipinski definition) is 5. The van der Waals surface area contributed by atoms with Crippen LogP contribution in [0.3, 0.4) is 0 Å². The van der Waals surface area contributed by atoms with Gasteiger partial charge in [0.05, 0.1) is 13.7 Å². The molecule has 0 radical (unpaired) electrons. The molecule has 33 heavy (non-hydrogen) atoms. The largest absolute Gasteiger partial charge is 0.467 e. The molecule has 1 N–H and O–H groups in total. The fourth-order valence-electron chi connectivity index (χ4n) is 3.73. The van der Waals surface area contributed by atoms with Gasteiger partial charge in [-0.1, -0.05) is 66.2 Å². The number of carbonyl (C=O) groups excluding carboxylic acids is 3. The van der Waals surface area contributed by atoms with Crippen molar-refractivity contribution in [3.05, 3.63) is 82.9 Å². The Morgan fingerprint density at radius 2 is 1.73 bits per heavy atom. The summed E-state index contributed by atoms with van der Waals surface area (Å²) in [5, 5.41) is 2.77. The molecule has 0 spiro atoms. The third-order valence-corrected chi connectivity index (χ3v) is 5.55. The number of fused-ring (bicyclic) bond motifs is 1. The fraction of sp³-hybridized carbons (Fsp3) is 0.346. The van der Waals surface area contributed by atoms with E-state index in [0.717, 1.165) is 22.3 Å². The van der Waals surface area contributed by atoms with Gasteiger partial charge in [0.25, 0.3) is 0 Å².